The van der Waals surface area contributed by atoms with E-state index >= 15 is 0 Å². The maximum atomic E-state index is 6.45. The van der Waals surface area contributed by atoms with E-state index in [9.17, 15) is 0 Å². The molecule has 1 aliphatic rings. The highest BCUT2D eigenvalue weighted by Gasteiger charge is 2.34. The van der Waals surface area contributed by atoms with E-state index in [4.69, 9.17) is 4.42 Å². The molecule has 2 heterocycles. The summed E-state index contributed by atoms with van der Waals surface area (Å²) in [6.45, 7) is 4.43. The third-order valence-corrected chi connectivity index (χ3v) is 7.28. The zero-order valence-electron chi connectivity index (χ0n) is 20.3. The second kappa shape index (κ2) is 8.03. The van der Waals surface area contributed by atoms with Gasteiger partial charge in [-0.25, -0.2) is 0 Å². The zero-order chi connectivity index (χ0) is 24.2. The summed E-state index contributed by atoms with van der Waals surface area (Å²) in [5.74, 6) is 0. The average molecular weight is 467 g/mol. The lowest BCUT2D eigenvalue weighted by Gasteiger charge is -2.30. The van der Waals surface area contributed by atoms with Gasteiger partial charge in [-0.15, -0.1) is 0 Å². The van der Waals surface area contributed by atoms with E-state index in [-0.39, 0.29) is 6.17 Å². The van der Waals surface area contributed by atoms with Crippen molar-refractivity contribution >= 4 is 39.0 Å². The standard InChI is InChI=1S/C33H26N2O/c1-21-19-24(23-11-4-3-5-12-23)20-22(2)31(21)35-29-17-8-7-16-28(29)34-33(35)27-15-10-14-26-25-13-6-9-18-30(25)36-32(26)27/h3-20,33-34H,1-2H3. The minimum atomic E-state index is -0.0911. The SMILES string of the molecule is Cc1cc(-c2ccccc2)cc(C)c1N1c2ccccc2NC1c1cccc2c1oc1ccccc12. The molecule has 1 aromatic heterocycles. The average Bonchev–Trinajstić information content (AvgIpc) is 3.48. The number of aryl methyl sites for hydroxylation is 2. The van der Waals surface area contributed by atoms with E-state index in [1.807, 2.05) is 12.1 Å². The van der Waals surface area contributed by atoms with Crippen LogP contribution in [-0.4, -0.2) is 0 Å². The molecule has 1 unspecified atom stereocenters. The summed E-state index contributed by atoms with van der Waals surface area (Å²) in [4.78, 5) is 2.44. The van der Waals surface area contributed by atoms with Gasteiger partial charge in [-0.3, -0.25) is 0 Å². The Balaban J connectivity index is 1.43. The summed E-state index contributed by atoms with van der Waals surface area (Å²) in [5.41, 5.74) is 11.5. The maximum absolute atomic E-state index is 6.45. The molecule has 0 saturated heterocycles. The summed E-state index contributed by atoms with van der Waals surface area (Å²) < 4.78 is 6.45. The number of anilines is 3. The number of furan rings is 1. The smallest absolute Gasteiger partial charge is 0.142 e. The van der Waals surface area contributed by atoms with Crippen molar-refractivity contribution in [2.75, 3.05) is 10.2 Å². The molecule has 174 valence electrons. The van der Waals surface area contributed by atoms with Gasteiger partial charge in [0.05, 0.1) is 11.4 Å². The first-order valence-electron chi connectivity index (χ1n) is 12.4. The molecular formula is C33H26N2O. The van der Waals surface area contributed by atoms with Gasteiger partial charge in [-0.1, -0.05) is 78.9 Å². The first-order valence-corrected chi connectivity index (χ1v) is 12.4. The topological polar surface area (TPSA) is 28.4 Å². The van der Waals surface area contributed by atoms with Gasteiger partial charge in [0.15, 0.2) is 0 Å². The number of nitrogens with one attached hydrogen (secondary N) is 1. The van der Waals surface area contributed by atoms with Crippen LogP contribution in [0.4, 0.5) is 17.1 Å². The molecule has 1 aliphatic heterocycles. The lowest BCUT2D eigenvalue weighted by Crippen LogP contribution is -2.25. The number of rotatable bonds is 3. The fourth-order valence-electron chi connectivity index (χ4n) is 5.74. The summed E-state index contributed by atoms with van der Waals surface area (Å²) in [6.07, 6.45) is -0.0911. The Kier molecular flexibility index (Phi) is 4.65. The molecular weight excluding hydrogens is 440 g/mol. The van der Waals surface area contributed by atoms with Crippen molar-refractivity contribution in [3.63, 3.8) is 0 Å². The largest absolute Gasteiger partial charge is 0.456 e. The van der Waals surface area contributed by atoms with Crippen molar-refractivity contribution in [1.29, 1.82) is 0 Å². The minimum Gasteiger partial charge on any atom is -0.456 e. The third-order valence-electron chi connectivity index (χ3n) is 7.28. The maximum Gasteiger partial charge on any atom is 0.142 e. The molecule has 0 bridgehead atoms. The summed E-state index contributed by atoms with van der Waals surface area (Å²) in [5, 5.41) is 6.10. The second-order valence-corrected chi connectivity index (χ2v) is 9.58. The Morgan fingerprint density at radius 1 is 0.667 bits per heavy atom. The third kappa shape index (κ3) is 3.13. The summed E-state index contributed by atoms with van der Waals surface area (Å²) >= 11 is 0. The Labute approximate surface area is 210 Å². The van der Waals surface area contributed by atoms with Gasteiger partial charge in [0.2, 0.25) is 0 Å². The van der Waals surface area contributed by atoms with Gasteiger partial charge in [-0.2, -0.15) is 0 Å². The highest BCUT2D eigenvalue weighted by atomic mass is 16.3. The van der Waals surface area contributed by atoms with E-state index in [0.717, 1.165) is 33.2 Å². The number of para-hydroxylation sites is 4. The number of hydrogen-bond donors (Lipinski definition) is 1. The van der Waals surface area contributed by atoms with Crippen molar-refractivity contribution in [3.8, 4) is 11.1 Å². The number of fused-ring (bicyclic) bond motifs is 4. The number of nitrogens with zero attached hydrogens (tertiary/aromatic N) is 1. The van der Waals surface area contributed by atoms with Crippen LogP contribution >= 0.6 is 0 Å². The molecule has 0 amide bonds. The van der Waals surface area contributed by atoms with Crippen LogP contribution in [0, 0.1) is 13.8 Å². The van der Waals surface area contributed by atoms with Crippen LogP contribution in [0.5, 0.6) is 0 Å². The fourth-order valence-corrected chi connectivity index (χ4v) is 5.74. The molecule has 5 aromatic carbocycles. The van der Waals surface area contributed by atoms with Gasteiger partial charge in [0, 0.05) is 22.0 Å². The van der Waals surface area contributed by atoms with Gasteiger partial charge in [0.25, 0.3) is 0 Å². The van der Waals surface area contributed by atoms with Crippen LogP contribution in [0.15, 0.2) is 114 Å². The predicted molar refractivity (Wildman–Crippen MR) is 150 cm³/mol. The van der Waals surface area contributed by atoms with E-state index in [2.05, 4.69) is 121 Å². The van der Waals surface area contributed by atoms with Crippen LogP contribution < -0.4 is 10.2 Å². The van der Waals surface area contributed by atoms with Gasteiger partial charge < -0.3 is 14.6 Å². The van der Waals surface area contributed by atoms with Crippen molar-refractivity contribution in [2.24, 2.45) is 0 Å². The van der Waals surface area contributed by atoms with Crippen molar-refractivity contribution in [2.45, 2.75) is 20.0 Å². The Morgan fingerprint density at radius 2 is 1.36 bits per heavy atom. The molecule has 0 saturated carbocycles. The van der Waals surface area contributed by atoms with E-state index in [1.54, 1.807) is 0 Å². The molecule has 36 heavy (non-hydrogen) atoms. The minimum absolute atomic E-state index is 0.0911. The lowest BCUT2D eigenvalue weighted by atomic mass is 9.97. The molecule has 3 nitrogen and oxygen atoms in total. The molecule has 0 fully saturated rings. The van der Waals surface area contributed by atoms with Crippen molar-refractivity contribution < 1.29 is 4.42 Å². The summed E-state index contributed by atoms with van der Waals surface area (Å²) in [6, 6.07) is 38.5. The highest BCUT2D eigenvalue weighted by Crippen LogP contribution is 2.50. The quantitative estimate of drug-likeness (QED) is 0.282. The van der Waals surface area contributed by atoms with E-state index in [0.29, 0.717) is 0 Å². The molecule has 0 aliphatic carbocycles. The van der Waals surface area contributed by atoms with Gasteiger partial charge >= 0.3 is 0 Å². The van der Waals surface area contributed by atoms with E-state index < -0.39 is 0 Å². The van der Waals surface area contributed by atoms with Crippen LogP contribution in [0.25, 0.3) is 33.1 Å². The summed E-state index contributed by atoms with van der Waals surface area (Å²) in [7, 11) is 0. The predicted octanol–water partition coefficient (Wildman–Crippen LogP) is 9.13. The second-order valence-electron chi connectivity index (χ2n) is 9.58. The first-order chi connectivity index (χ1) is 17.7. The fraction of sp³-hybridized carbons (Fsp3) is 0.0909. The number of benzene rings is 5. The highest BCUT2D eigenvalue weighted by molar-refractivity contribution is 6.06. The van der Waals surface area contributed by atoms with Crippen LogP contribution in [-0.2, 0) is 0 Å². The van der Waals surface area contributed by atoms with E-state index in [1.165, 1.54) is 33.6 Å². The van der Waals surface area contributed by atoms with Crippen LogP contribution in [0.2, 0.25) is 0 Å². The van der Waals surface area contributed by atoms with Crippen LogP contribution in [0.1, 0.15) is 22.9 Å². The molecule has 6 aromatic rings. The molecule has 0 radical (unpaired) electrons. The monoisotopic (exact) mass is 466 g/mol. The lowest BCUT2D eigenvalue weighted by molar-refractivity contribution is 0.655. The molecule has 7 rings (SSSR count). The molecule has 1 N–H and O–H groups in total. The number of hydrogen-bond acceptors (Lipinski definition) is 3. The van der Waals surface area contributed by atoms with Gasteiger partial charge in [-0.05, 0) is 66.4 Å². The zero-order valence-corrected chi connectivity index (χ0v) is 20.3. The normalized spacial score (nSPS) is 14.8. The van der Waals surface area contributed by atoms with Gasteiger partial charge in [0.1, 0.15) is 17.3 Å². The first kappa shape index (κ1) is 20.8. The van der Waals surface area contributed by atoms with Crippen molar-refractivity contribution in [3.05, 3.63) is 126 Å². The van der Waals surface area contributed by atoms with Crippen molar-refractivity contribution in [1.82, 2.24) is 0 Å². The molecule has 0 spiro atoms. The molecule has 3 heteroatoms. The Hall–Kier alpha value is -4.50. The van der Waals surface area contributed by atoms with Crippen LogP contribution in [0.3, 0.4) is 0 Å². The molecule has 1 atom stereocenters. The Morgan fingerprint density at radius 3 is 2.19 bits per heavy atom. The Bertz CT molecular complexity index is 1730.